The van der Waals surface area contributed by atoms with Crippen LogP contribution in [0.15, 0.2) is 40.9 Å². The third kappa shape index (κ3) is 3.27. The highest BCUT2D eigenvalue weighted by Gasteiger charge is 2.22. The fraction of sp³-hybridized carbons (Fsp3) is 0.176. The van der Waals surface area contributed by atoms with E-state index in [1.165, 1.54) is 30.1 Å². The van der Waals surface area contributed by atoms with E-state index in [0.29, 0.717) is 12.1 Å². The van der Waals surface area contributed by atoms with E-state index in [0.717, 1.165) is 14.9 Å². The van der Waals surface area contributed by atoms with Gasteiger partial charge in [-0.25, -0.2) is 4.39 Å². The number of benzene rings is 2. The molecule has 23 heavy (non-hydrogen) atoms. The summed E-state index contributed by atoms with van der Waals surface area (Å²) >= 11 is 3.43. The summed E-state index contributed by atoms with van der Waals surface area (Å²) in [6.07, 6.45) is 0.472. The van der Waals surface area contributed by atoms with E-state index >= 15 is 0 Å². The third-order valence-corrected chi connectivity index (χ3v) is 4.49. The molecule has 0 unspecified atom stereocenters. The quantitative estimate of drug-likeness (QED) is 0.759. The Morgan fingerprint density at radius 3 is 2.48 bits per heavy atom. The van der Waals surface area contributed by atoms with Crippen LogP contribution in [0.3, 0.4) is 0 Å². The summed E-state index contributed by atoms with van der Waals surface area (Å²) in [4.78, 5) is 26.3. The fourth-order valence-electron chi connectivity index (χ4n) is 2.35. The van der Waals surface area contributed by atoms with E-state index in [2.05, 4.69) is 15.9 Å². The molecule has 2 aromatic carbocycles. The zero-order valence-corrected chi connectivity index (χ0v) is 14.6. The molecule has 0 aromatic heterocycles. The fourth-order valence-corrected chi connectivity index (χ4v) is 2.70. The lowest BCUT2D eigenvalue weighted by atomic mass is 10.1. The van der Waals surface area contributed by atoms with Crippen LogP contribution >= 0.6 is 15.9 Å². The molecular formula is C17H16BrFN2O2. The van der Waals surface area contributed by atoms with Gasteiger partial charge < -0.3 is 9.80 Å². The first-order chi connectivity index (χ1) is 10.9. The molecule has 0 spiro atoms. The molecule has 2 amide bonds. The van der Waals surface area contributed by atoms with Gasteiger partial charge in [-0.2, -0.15) is 0 Å². The predicted octanol–water partition coefficient (Wildman–Crippen LogP) is 3.77. The van der Waals surface area contributed by atoms with E-state index in [1.807, 2.05) is 19.1 Å². The minimum Gasteiger partial charge on any atom is -0.315 e. The average molecular weight is 379 g/mol. The maximum Gasteiger partial charge on any atom is 0.260 e. The van der Waals surface area contributed by atoms with Crippen molar-refractivity contribution in [3.63, 3.8) is 0 Å². The maximum atomic E-state index is 14.1. The largest absolute Gasteiger partial charge is 0.315 e. The van der Waals surface area contributed by atoms with Gasteiger partial charge in [-0.15, -0.1) is 0 Å². The Bertz CT molecular complexity index is 764. The van der Waals surface area contributed by atoms with Gasteiger partial charge in [0.1, 0.15) is 5.82 Å². The second-order valence-corrected chi connectivity index (χ2v) is 5.95. The van der Waals surface area contributed by atoms with Crippen LogP contribution in [-0.2, 0) is 4.79 Å². The summed E-state index contributed by atoms with van der Waals surface area (Å²) in [7, 11) is 3.03. The molecule has 0 saturated carbocycles. The van der Waals surface area contributed by atoms with Gasteiger partial charge in [0, 0.05) is 24.3 Å². The van der Waals surface area contributed by atoms with Crippen LogP contribution in [0.1, 0.15) is 15.9 Å². The molecule has 2 rings (SSSR count). The number of hydrogen-bond acceptors (Lipinski definition) is 2. The first-order valence-electron chi connectivity index (χ1n) is 6.88. The number of rotatable bonds is 4. The molecule has 0 saturated heterocycles. The Morgan fingerprint density at radius 1 is 1.17 bits per heavy atom. The molecule has 0 aliphatic carbocycles. The highest BCUT2D eigenvalue weighted by Crippen LogP contribution is 2.29. The zero-order valence-electron chi connectivity index (χ0n) is 13.0. The molecule has 0 heterocycles. The molecular weight excluding hydrogens is 363 g/mol. The first kappa shape index (κ1) is 17.1. The zero-order chi connectivity index (χ0) is 17.1. The molecule has 0 aliphatic heterocycles. The van der Waals surface area contributed by atoms with Gasteiger partial charge in [0.15, 0.2) is 0 Å². The van der Waals surface area contributed by atoms with Gasteiger partial charge in [-0.1, -0.05) is 28.1 Å². The van der Waals surface area contributed by atoms with Crippen molar-refractivity contribution in [1.29, 1.82) is 0 Å². The lowest BCUT2D eigenvalue weighted by Crippen LogP contribution is -2.29. The number of carbonyl (C=O) groups excluding carboxylic acids is 2. The second kappa shape index (κ2) is 6.91. The SMILES string of the molecule is Cc1c(Br)cccc1N(C)C(=O)c1cccc(F)c1N(C)C=O. The minimum absolute atomic E-state index is 0.0352. The van der Waals surface area contributed by atoms with Crippen molar-refractivity contribution in [2.45, 2.75) is 6.92 Å². The number of nitrogens with zero attached hydrogens (tertiary/aromatic N) is 2. The van der Waals surface area contributed by atoms with Crippen LogP contribution in [0.4, 0.5) is 15.8 Å². The van der Waals surface area contributed by atoms with Crippen LogP contribution in [0.25, 0.3) is 0 Å². The van der Waals surface area contributed by atoms with Crippen LogP contribution in [0.5, 0.6) is 0 Å². The Morgan fingerprint density at radius 2 is 1.83 bits per heavy atom. The standard InChI is InChI=1S/C17H16BrFN2O2/c1-11-13(18)7-5-9-15(11)21(3)17(23)12-6-4-8-14(19)16(12)20(2)10-22/h4-10H,1-3H3. The summed E-state index contributed by atoms with van der Waals surface area (Å²) < 4.78 is 15.0. The van der Waals surface area contributed by atoms with Gasteiger partial charge in [0.25, 0.3) is 5.91 Å². The second-order valence-electron chi connectivity index (χ2n) is 5.10. The Kier molecular flexibility index (Phi) is 5.15. The van der Waals surface area contributed by atoms with Crippen LogP contribution in [-0.4, -0.2) is 26.4 Å². The topological polar surface area (TPSA) is 40.6 Å². The van der Waals surface area contributed by atoms with Gasteiger partial charge in [0.05, 0.1) is 11.3 Å². The summed E-state index contributed by atoms with van der Waals surface area (Å²) in [5.74, 6) is -1.01. The molecule has 6 heteroatoms. The molecule has 2 aromatic rings. The normalized spacial score (nSPS) is 10.3. The summed E-state index contributed by atoms with van der Waals surface area (Å²) in [5.41, 5.74) is 1.69. The molecule has 0 aliphatic rings. The van der Waals surface area contributed by atoms with Crippen LogP contribution in [0.2, 0.25) is 0 Å². The summed E-state index contributed by atoms with van der Waals surface area (Å²) in [5, 5.41) is 0. The summed E-state index contributed by atoms with van der Waals surface area (Å²) in [6.45, 7) is 1.88. The summed E-state index contributed by atoms with van der Waals surface area (Å²) in [6, 6.07) is 9.68. The lowest BCUT2D eigenvalue weighted by Gasteiger charge is -2.23. The Labute approximate surface area is 142 Å². The number of carbonyl (C=O) groups is 2. The number of halogens is 2. The number of hydrogen-bond donors (Lipinski definition) is 0. The average Bonchev–Trinajstić information content (AvgIpc) is 2.55. The molecule has 120 valence electrons. The molecule has 0 bridgehead atoms. The Balaban J connectivity index is 2.51. The van der Waals surface area contributed by atoms with Crippen molar-refractivity contribution in [2.24, 2.45) is 0 Å². The van der Waals surface area contributed by atoms with E-state index in [1.54, 1.807) is 13.1 Å². The van der Waals surface area contributed by atoms with Crippen molar-refractivity contribution < 1.29 is 14.0 Å². The maximum absolute atomic E-state index is 14.1. The molecule has 0 atom stereocenters. The molecule has 0 radical (unpaired) electrons. The Hall–Kier alpha value is -2.21. The smallest absolute Gasteiger partial charge is 0.260 e. The number of amides is 2. The van der Waals surface area contributed by atoms with Crippen molar-refractivity contribution >= 4 is 39.6 Å². The van der Waals surface area contributed by atoms with E-state index < -0.39 is 11.7 Å². The van der Waals surface area contributed by atoms with Crippen molar-refractivity contribution in [2.75, 3.05) is 23.9 Å². The van der Waals surface area contributed by atoms with E-state index in [-0.39, 0.29) is 11.3 Å². The molecule has 0 fully saturated rings. The number of anilines is 2. The van der Waals surface area contributed by atoms with Gasteiger partial charge >= 0.3 is 0 Å². The van der Waals surface area contributed by atoms with Crippen molar-refractivity contribution in [1.82, 2.24) is 0 Å². The monoisotopic (exact) mass is 378 g/mol. The van der Waals surface area contributed by atoms with Crippen LogP contribution < -0.4 is 9.80 Å². The lowest BCUT2D eigenvalue weighted by molar-refractivity contribution is -0.107. The molecule has 0 N–H and O–H groups in total. The van der Waals surface area contributed by atoms with E-state index in [4.69, 9.17) is 0 Å². The highest BCUT2D eigenvalue weighted by atomic mass is 79.9. The van der Waals surface area contributed by atoms with E-state index in [9.17, 15) is 14.0 Å². The molecule has 4 nitrogen and oxygen atoms in total. The van der Waals surface area contributed by atoms with Crippen molar-refractivity contribution in [3.05, 3.63) is 57.8 Å². The van der Waals surface area contributed by atoms with Crippen molar-refractivity contribution in [3.8, 4) is 0 Å². The number of para-hydroxylation sites is 1. The van der Waals surface area contributed by atoms with Gasteiger partial charge in [0.2, 0.25) is 6.41 Å². The predicted molar refractivity (Wildman–Crippen MR) is 92.5 cm³/mol. The van der Waals surface area contributed by atoms with Crippen LogP contribution in [0, 0.1) is 12.7 Å². The minimum atomic E-state index is -0.621. The first-order valence-corrected chi connectivity index (χ1v) is 7.67. The third-order valence-electron chi connectivity index (χ3n) is 3.63. The van der Waals surface area contributed by atoms with Gasteiger partial charge in [-0.05, 0) is 36.8 Å². The highest BCUT2D eigenvalue weighted by molar-refractivity contribution is 9.10. The van der Waals surface area contributed by atoms with Gasteiger partial charge in [-0.3, -0.25) is 9.59 Å².